The average Bonchev–Trinajstić information content (AvgIpc) is 3.41. The summed E-state index contributed by atoms with van der Waals surface area (Å²) in [6, 6.07) is 0. The van der Waals surface area contributed by atoms with Gasteiger partial charge in [0.2, 0.25) is 0 Å². The Balaban J connectivity index is 1.59. The first-order valence-electron chi connectivity index (χ1n) is 10.5. The van der Waals surface area contributed by atoms with Gasteiger partial charge < -0.3 is 9.64 Å². The van der Waals surface area contributed by atoms with E-state index in [4.69, 9.17) is 4.74 Å². The van der Waals surface area contributed by atoms with Gasteiger partial charge in [-0.3, -0.25) is 4.90 Å². The Labute approximate surface area is 167 Å². The number of ether oxygens (including phenoxy) is 1. The maximum atomic E-state index is 5.59. The molecule has 0 radical (unpaired) electrons. The van der Waals surface area contributed by atoms with Crippen molar-refractivity contribution < 1.29 is 9.72 Å². The predicted molar refractivity (Wildman–Crippen MR) is 110 cm³/mol. The number of aryl methyl sites for hydroxylation is 1. The van der Waals surface area contributed by atoms with Gasteiger partial charge >= 0.3 is 0 Å². The molecule has 2 saturated heterocycles. The van der Waals surface area contributed by atoms with Crippen LogP contribution < -0.4 is 14.8 Å². The number of nitrogens with one attached hydrogen (secondary N) is 1. The first kappa shape index (κ1) is 16.9. The molecule has 2 aliphatic heterocycles. The SMILES string of the molecule is C1CCc2c(c(N3CCOCC3)[nH+]c3sc4c(N5CCCC5)nnnc4c23)C1. The molecule has 0 saturated carbocycles. The number of thiophene rings is 1. The summed E-state index contributed by atoms with van der Waals surface area (Å²) >= 11 is 1.81. The summed E-state index contributed by atoms with van der Waals surface area (Å²) in [6.45, 7) is 5.67. The van der Waals surface area contributed by atoms with Crippen LogP contribution in [0, 0.1) is 0 Å². The number of rotatable bonds is 2. The van der Waals surface area contributed by atoms with Gasteiger partial charge in [0.1, 0.15) is 23.3 Å². The van der Waals surface area contributed by atoms with E-state index in [1.54, 1.807) is 11.3 Å². The highest BCUT2D eigenvalue weighted by Gasteiger charge is 2.31. The van der Waals surface area contributed by atoms with E-state index in [1.807, 2.05) is 0 Å². The van der Waals surface area contributed by atoms with E-state index in [0.717, 1.165) is 63.6 Å². The minimum Gasteiger partial charge on any atom is -0.373 e. The van der Waals surface area contributed by atoms with Gasteiger partial charge in [0.15, 0.2) is 10.6 Å². The van der Waals surface area contributed by atoms with Crippen molar-refractivity contribution in [1.29, 1.82) is 0 Å². The van der Waals surface area contributed by atoms with Crippen molar-refractivity contribution in [3.8, 4) is 0 Å². The van der Waals surface area contributed by atoms with Crippen LogP contribution in [0.25, 0.3) is 20.4 Å². The second-order valence-electron chi connectivity index (χ2n) is 8.03. The van der Waals surface area contributed by atoms with Crippen molar-refractivity contribution in [3.63, 3.8) is 0 Å². The standard InChI is InChI=1S/C20H24N6OS/c1-2-6-14-13(5-1)15-16-17(19(23-24-22-16)25-7-3-4-8-25)28-20(15)21-18(14)26-9-11-27-12-10-26/h1-12H2/p+1. The molecule has 5 heterocycles. The summed E-state index contributed by atoms with van der Waals surface area (Å²) in [6.07, 6.45) is 7.26. The Morgan fingerprint density at radius 3 is 2.46 bits per heavy atom. The monoisotopic (exact) mass is 397 g/mol. The van der Waals surface area contributed by atoms with Crippen LogP contribution in [0.4, 0.5) is 11.6 Å². The van der Waals surface area contributed by atoms with Crippen molar-refractivity contribution in [3.05, 3.63) is 11.1 Å². The molecule has 3 aromatic heterocycles. The van der Waals surface area contributed by atoms with E-state index in [0.29, 0.717) is 0 Å². The van der Waals surface area contributed by atoms with Gasteiger partial charge in [-0.25, -0.2) is 4.98 Å². The molecular formula is C20H25N6OS+. The molecule has 3 aliphatic rings. The lowest BCUT2D eigenvalue weighted by Gasteiger charge is -2.25. The summed E-state index contributed by atoms with van der Waals surface area (Å²) in [5.41, 5.74) is 4.02. The maximum Gasteiger partial charge on any atom is 0.279 e. The number of aromatic nitrogens is 4. The molecule has 0 bridgehead atoms. The van der Waals surface area contributed by atoms with Crippen molar-refractivity contribution in [1.82, 2.24) is 15.4 Å². The molecule has 3 aromatic rings. The molecule has 1 aliphatic carbocycles. The highest BCUT2D eigenvalue weighted by Crippen LogP contribution is 2.41. The number of nitrogens with zero attached hydrogens (tertiary/aromatic N) is 5. The molecular weight excluding hydrogens is 372 g/mol. The number of pyridine rings is 1. The van der Waals surface area contributed by atoms with Gasteiger partial charge in [-0.05, 0) is 49.3 Å². The van der Waals surface area contributed by atoms with E-state index in [2.05, 4.69) is 30.2 Å². The zero-order valence-electron chi connectivity index (χ0n) is 16.0. The van der Waals surface area contributed by atoms with Crippen LogP contribution in [0.2, 0.25) is 0 Å². The summed E-state index contributed by atoms with van der Waals surface area (Å²) in [7, 11) is 0. The number of hydrogen-bond donors (Lipinski definition) is 0. The topological polar surface area (TPSA) is 68.5 Å². The Morgan fingerprint density at radius 1 is 0.857 bits per heavy atom. The Kier molecular flexibility index (Phi) is 4.08. The summed E-state index contributed by atoms with van der Waals surface area (Å²) in [5, 5.41) is 14.4. The Hall–Kier alpha value is -2.06. The first-order chi connectivity index (χ1) is 13.9. The fourth-order valence-corrected chi connectivity index (χ4v) is 6.19. The molecule has 0 atom stereocenters. The fourth-order valence-electron chi connectivity index (χ4n) is 5.01. The van der Waals surface area contributed by atoms with Gasteiger partial charge in [-0.2, -0.15) is 0 Å². The smallest absolute Gasteiger partial charge is 0.279 e. The normalized spacial score (nSPS) is 20.3. The molecule has 1 N–H and O–H groups in total. The molecule has 0 unspecified atom stereocenters. The lowest BCUT2D eigenvalue weighted by atomic mass is 9.90. The summed E-state index contributed by atoms with van der Waals surface area (Å²) in [4.78, 5) is 9.88. The third-order valence-electron chi connectivity index (χ3n) is 6.39. The van der Waals surface area contributed by atoms with E-state index < -0.39 is 0 Å². The number of morpholine rings is 1. The molecule has 146 valence electrons. The minimum absolute atomic E-state index is 0.807. The minimum atomic E-state index is 0.807. The largest absolute Gasteiger partial charge is 0.373 e. The van der Waals surface area contributed by atoms with Crippen LogP contribution in [0.1, 0.15) is 36.8 Å². The summed E-state index contributed by atoms with van der Waals surface area (Å²) < 4.78 is 6.78. The summed E-state index contributed by atoms with van der Waals surface area (Å²) in [5.74, 6) is 2.33. The lowest BCUT2D eigenvalue weighted by molar-refractivity contribution is -0.328. The molecule has 8 heteroatoms. The van der Waals surface area contributed by atoms with E-state index >= 15 is 0 Å². The molecule has 0 amide bonds. The molecule has 28 heavy (non-hydrogen) atoms. The van der Waals surface area contributed by atoms with Crippen LogP contribution >= 0.6 is 11.3 Å². The van der Waals surface area contributed by atoms with E-state index in [-0.39, 0.29) is 0 Å². The van der Waals surface area contributed by atoms with Crippen molar-refractivity contribution in [2.75, 3.05) is 49.2 Å². The van der Waals surface area contributed by atoms with E-state index in [1.165, 1.54) is 57.5 Å². The van der Waals surface area contributed by atoms with Crippen molar-refractivity contribution in [2.24, 2.45) is 0 Å². The predicted octanol–water partition coefficient (Wildman–Crippen LogP) is 2.37. The first-order valence-corrected chi connectivity index (χ1v) is 11.3. The quantitative estimate of drug-likeness (QED) is 0.661. The maximum absolute atomic E-state index is 5.59. The zero-order valence-corrected chi connectivity index (χ0v) is 16.9. The van der Waals surface area contributed by atoms with Crippen LogP contribution in [0.3, 0.4) is 0 Å². The van der Waals surface area contributed by atoms with Crippen molar-refractivity contribution in [2.45, 2.75) is 38.5 Å². The van der Waals surface area contributed by atoms with Crippen molar-refractivity contribution >= 4 is 43.4 Å². The number of aromatic amines is 1. The van der Waals surface area contributed by atoms with Crippen LogP contribution in [-0.4, -0.2) is 54.8 Å². The molecule has 6 rings (SSSR count). The Bertz CT molecular complexity index is 1040. The van der Waals surface area contributed by atoms with Gasteiger partial charge in [0.25, 0.3) is 5.82 Å². The average molecular weight is 398 g/mol. The molecule has 0 spiro atoms. The molecule has 2 fully saturated rings. The zero-order chi connectivity index (χ0) is 18.5. The third-order valence-corrected chi connectivity index (χ3v) is 7.48. The second-order valence-corrected chi connectivity index (χ2v) is 9.05. The Morgan fingerprint density at radius 2 is 1.64 bits per heavy atom. The fraction of sp³-hybridized carbons (Fsp3) is 0.600. The van der Waals surface area contributed by atoms with Gasteiger partial charge in [-0.1, -0.05) is 11.3 Å². The van der Waals surface area contributed by atoms with Gasteiger partial charge in [0.05, 0.1) is 18.6 Å². The lowest BCUT2D eigenvalue weighted by Crippen LogP contribution is -2.40. The van der Waals surface area contributed by atoms with Crippen LogP contribution in [-0.2, 0) is 17.6 Å². The number of hydrogen-bond acceptors (Lipinski definition) is 7. The van der Waals surface area contributed by atoms with Gasteiger partial charge in [-0.15, -0.1) is 10.2 Å². The highest BCUT2D eigenvalue weighted by molar-refractivity contribution is 7.25. The number of anilines is 2. The van der Waals surface area contributed by atoms with E-state index in [9.17, 15) is 0 Å². The second kappa shape index (κ2) is 6.77. The number of fused-ring (bicyclic) bond motifs is 5. The third kappa shape index (κ3) is 2.58. The van der Waals surface area contributed by atoms with Gasteiger partial charge in [0, 0.05) is 18.7 Å². The van der Waals surface area contributed by atoms with Crippen LogP contribution in [0.15, 0.2) is 0 Å². The number of H-pyrrole nitrogens is 1. The molecule has 7 nitrogen and oxygen atoms in total. The molecule has 0 aromatic carbocycles. The van der Waals surface area contributed by atoms with Crippen LogP contribution in [0.5, 0.6) is 0 Å². The highest BCUT2D eigenvalue weighted by atomic mass is 32.1.